The van der Waals surface area contributed by atoms with Crippen LogP contribution in [0.4, 0.5) is 0 Å². The lowest BCUT2D eigenvalue weighted by molar-refractivity contribution is -0.151. The monoisotopic (exact) mass is 360 g/mol. The summed E-state index contributed by atoms with van der Waals surface area (Å²) in [6, 6.07) is 7.89. The molecule has 1 saturated heterocycles. The van der Waals surface area contributed by atoms with Crippen LogP contribution in [0.25, 0.3) is 10.6 Å². The van der Waals surface area contributed by atoms with Gasteiger partial charge in [0.05, 0.1) is 6.61 Å². The summed E-state index contributed by atoms with van der Waals surface area (Å²) in [6.07, 6.45) is 0.386. The first kappa shape index (κ1) is 17.6. The second kappa shape index (κ2) is 6.93. The van der Waals surface area contributed by atoms with Crippen LogP contribution >= 0.6 is 11.3 Å². The van der Waals surface area contributed by atoms with Crippen molar-refractivity contribution in [3.8, 4) is 10.6 Å². The zero-order valence-corrected chi connectivity index (χ0v) is 15.0. The molecule has 25 heavy (non-hydrogen) atoms. The number of thiazole rings is 1. The van der Waals surface area contributed by atoms with E-state index in [9.17, 15) is 14.7 Å². The van der Waals surface area contributed by atoms with Crippen LogP contribution in [0.15, 0.2) is 29.6 Å². The Bertz CT molecular complexity index is 804. The first-order valence-electron chi connectivity index (χ1n) is 8.00. The molecule has 1 N–H and O–H groups in total. The van der Waals surface area contributed by atoms with Crippen molar-refractivity contribution in [2.45, 2.75) is 13.3 Å². The van der Waals surface area contributed by atoms with E-state index in [0.29, 0.717) is 18.7 Å². The van der Waals surface area contributed by atoms with Crippen molar-refractivity contribution in [1.82, 2.24) is 9.88 Å². The lowest BCUT2D eigenvalue weighted by atomic mass is 9.88. The van der Waals surface area contributed by atoms with E-state index in [1.807, 2.05) is 31.2 Å². The second-order valence-corrected chi connectivity index (χ2v) is 7.21. The Morgan fingerprint density at radius 2 is 2.16 bits per heavy atom. The quantitative estimate of drug-likeness (QED) is 0.887. The van der Waals surface area contributed by atoms with Crippen molar-refractivity contribution < 1.29 is 19.4 Å². The normalized spacial score (nSPS) is 20.0. The van der Waals surface area contributed by atoms with Crippen molar-refractivity contribution in [2.75, 3.05) is 26.8 Å². The molecule has 1 aromatic heterocycles. The molecule has 0 saturated carbocycles. The molecule has 1 atom stereocenters. The lowest BCUT2D eigenvalue weighted by Crippen LogP contribution is -2.40. The average molecular weight is 360 g/mol. The van der Waals surface area contributed by atoms with Crippen LogP contribution in [0.1, 0.15) is 22.5 Å². The number of aliphatic carboxylic acids is 1. The van der Waals surface area contributed by atoms with Crippen molar-refractivity contribution in [3.05, 3.63) is 40.9 Å². The number of hydrogen-bond acceptors (Lipinski definition) is 5. The van der Waals surface area contributed by atoms with Gasteiger partial charge < -0.3 is 14.7 Å². The molecule has 1 amide bonds. The Hall–Kier alpha value is -2.25. The number of carboxylic acid groups (broad SMARTS) is 1. The zero-order chi connectivity index (χ0) is 18.0. The Morgan fingerprint density at radius 3 is 2.84 bits per heavy atom. The van der Waals surface area contributed by atoms with Gasteiger partial charge in [-0.3, -0.25) is 9.59 Å². The Balaban J connectivity index is 1.79. The SMILES string of the molecule is COCC1(C(=O)O)CCN(C(=O)c2csc(-c3ccccc3C)n2)C1. The Kier molecular flexibility index (Phi) is 4.87. The van der Waals surface area contributed by atoms with E-state index in [4.69, 9.17) is 4.74 Å². The van der Waals surface area contributed by atoms with Gasteiger partial charge in [0.2, 0.25) is 0 Å². The summed E-state index contributed by atoms with van der Waals surface area (Å²) < 4.78 is 5.07. The molecule has 1 unspecified atom stereocenters. The van der Waals surface area contributed by atoms with Gasteiger partial charge in [-0.25, -0.2) is 4.98 Å². The van der Waals surface area contributed by atoms with Gasteiger partial charge in [0.1, 0.15) is 16.1 Å². The molecule has 1 aliphatic rings. The van der Waals surface area contributed by atoms with E-state index in [2.05, 4.69) is 4.98 Å². The highest BCUT2D eigenvalue weighted by atomic mass is 32.1. The molecule has 1 fully saturated rings. The van der Waals surface area contributed by atoms with Crippen LogP contribution in [0.2, 0.25) is 0 Å². The maximum absolute atomic E-state index is 12.7. The Labute approximate surface area is 150 Å². The van der Waals surface area contributed by atoms with Gasteiger partial charge in [0.25, 0.3) is 5.91 Å². The number of rotatable bonds is 5. The summed E-state index contributed by atoms with van der Waals surface area (Å²) in [5, 5.41) is 12.0. The van der Waals surface area contributed by atoms with Crippen molar-refractivity contribution in [1.29, 1.82) is 0 Å². The first-order valence-corrected chi connectivity index (χ1v) is 8.88. The minimum Gasteiger partial charge on any atom is -0.481 e. The second-order valence-electron chi connectivity index (χ2n) is 6.35. The van der Waals surface area contributed by atoms with Crippen molar-refractivity contribution >= 4 is 23.2 Å². The van der Waals surface area contributed by atoms with Gasteiger partial charge in [-0.15, -0.1) is 11.3 Å². The predicted molar refractivity (Wildman–Crippen MR) is 94.8 cm³/mol. The summed E-state index contributed by atoms with van der Waals surface area (Å²) in [6.45, 7) is 2.64. The minimum absolute atomic E-state index is 0.0949. The topological polar surface area (TPSA) is 79.7 Å². The first-order chi connectivity index (χ1) is 12.0. The van der Waals surface area contributed by atoms with E-state index in [1.165, 1.54) is 18.4 Å². The molecule has 6 nitrogen and oxygen atoms in total. The predicted octanol–water partition coefficient (Wildman–Crippen LogP) is 2.68. The molecule has 0 spiro atoms. The zero-order valence-electron chi connectivity index (χ0n) is 14.2. The maximum Gasteiger partial charge on any atom is 0.313 e. The summed E-state index contributed by atoms with van der Waals surface area (Å²) in [4.78, 5) is 30.4. The van der Waals surface area contributed by atoms with Gasteiger partial charge >= 0.3 is 5.97 Å². The van der Waals surface area contributed by atoms with Crippen LogP contribution in [-0.4, -0.2) is 53.7 Å². The van der Waals surface area contributed by atoms with E-state index in [-0.39, 0.29) is 19.1 Å². The third-order valence-electron chi connectivity index (χ3n) is 4.61. The third-order valence-corrected chi connectivity index (χ3v) is 5.49. The van der Waals surface area contributed by atoms with Crippen molar-refractivity contribution in [3.63, 3.8) is 0 Å². The van der Waals surface area contributed by atoms with Crippen molar-refractivity contribution in [2.24, 2.45) is 5.41 Å². The number of carbonyl (C=O) groups excluding carboxylic acids is 1. The molecule has 0 aliphatic carbocycles. The largest absolute Gasteiger partial charge is 0.481 e. The molecule has 0 radical (unpaired) electrons. The van der Waals surface area contributed by atoms with Crippen LogP contribution in [0.5, 0.6) is 0 Å². The van der Waals surface area contributed by atoms with Gasteiger partial charge in [-0.2, -0.15) is 0 Å². The molecule has 0 bridgehead atoms. The van der Waals surface area contributed by atoms with Gasteiger partial charge in [-0.05, 0) is 18.9 Å². The van der Waals surface area contributed by atoms with Gasteiger partial charge in [-0.1, -0.05) is 24.3 Å². The number of aromatic nitrogens is 1. The summed E-state index contributed by atoms with van der Waals surface area (Å²) in [5.74, 6) is -1.15. The summed E-state index contributed by atoms with van der Waals surface area (Å²) >= 11 is 1.42. The summed E-state index contributed by atoms with van der Waals surface area (Å²) in [5.41, 5.74) is 1.44. The standard InChI is InChI=1S/C18H20N2O4S/c1-12-5-3-4-6-13(12)15-19-14(9-25-15)16(21)20-8-7-18(10-20,11-24-2)17(22)23/h3-6,9H,7-8,10-11H2,1-2H3,(H,22,23). The highest BCUT2D eigenvalue weighted by Crippen LogP contribution is 2.33. The molecular formula is C18H20N2O4S. The van der Waals surface area contributed by atoms with E-state index >= 15 is 0 Å². The smallest absolute Gasteiger partial charge is 0.313 e. The number of benzene rings is 1. The Morgan fingerprint density at radius 1 is 1.40 bits per heavy atom. The number of ether oxygens (including phenoxy) is 1. The number of nitrogens with zero attached hydrogens (tertiary/aromatic N) is 2. The van der Waals surface area contributed by atoms with Crippen LogP contribution in [0, 0.1) is 12.3 Å². The fourth-order valence-corrected chi connectivity index (χ4v) is 4.03. The molecule has 1 aromatic carbocycles. The maximum atomic E-state index is 12.7. The van der Waals surface area contributed by atoms with E-state index in [1.54, 1.807) is 10.3 Å². The third kappa shape index (κ3) is 3.29. The fourth-order valence-electron chi connectivity index (χ4n) is 3.15. The van der Waals surface area contributed by atoms with Crippen LogP contribution in [-0.2, 0) is 9.53 Å². The molecule has 2 heterocycles. The number of carboxylic acids is 1. The molecule has 7 heteroatoms. The highest BCUT2D eigenvalue weighted by molar-refractivity contribution is 7.13. The highest BCUT2D eigenvalue weighted by Gasteiger charge is 2.46. The number of carbonyl (C=O) groups is 2. The fraction of sp³-hybridized carbons (Fsp3) is 0.389. The van der Waals surface area contributed by atoms with Gasteiger partial charge in [0.15, 0.2) is 0 Å². The summed E-state index contributed by atoms with van der Waals surface area (Å²) in [7, 11) is 1.48. The number of amides is 1. The molecule has 3 rings (SSSR count). The molecular weight excluding hydrogens is 340 g/mol. The molecule has 2 aromatic rings. The number of hydrogen-bond donors (Lipinski definition) is 1. The number of methoxy groups -OCH3 is 1. The number of likely N-dealkylation sites (tertiary alicyclic amines) is 1. The van der Waals surface area contributed by atoms with E-state index < -0.39 is 11.4 Å². The minimum atomic E-state index is -1.03. The van der Waals surface area contributed by atoms with Crippen LogP contribution in [0.3, 0.4) is 0 Å². The van der Waals surface area contributed by atoms with Gasteiger partial charge in [0, 0.05) is 31.1 Å². The lowest BCUT2D eigenvalue weighted by Gasteiger charge is -2.23. The molecule has 132 valence electrons. The van der Waals surface area contributed by atoms with E-state index in [0.717, 1.165) is 16.1 Å². The van der Waals surface area contributed by atoms with Crippen LogP contribution < -0.4 is 0 Å². The average Bonchev–Trinajstić information content (AvgIpc) is 3.23. The number of aryl methyl sites for hydroxylation is 1. The molecule has 1 aliphatic heterocycles.